The van der Waals surface area contributed by atoms with Gasteiger partial charge < -0.3 is 13.8 Å². The number of benzene rings is 1. The molecule has 0 radical (unpaired) electrons. The van der Waals surface area contributed by atoms with Gasteiger partial charge in [-0.05, 0) is 53.9 Å². The zero-order valence-corrected chi connectivity index (χ0v) is 15.1. The molecule has 0 spiro atoms. The van der Waals surface area contributed by atoms with Crippen molar-refractivity contribution in [1.82, 2.24) is 5.16 Å². The van der Waals surface area contributed by atoms with Crippen molar-refractivity contribution in [2.24, 2.45) is 0 Å². The van der Waals surface area contributed by atoms with E-state index in [2.05, 4.69) is 64.0 Å². The molecule has 0 atom stereocenters. The van der Waals surface area contributed by atoms with Gasteiger partial charge in [-0.3, -0.25) is 0 Å². The standard InChI is InChI=1S/C13H19BO2.C5H7NO/c1-10-6-8-11(9-7-10)14-15-12(2,3)13(4,5)16-14;1-4-3-5(2)7-6-4/h6-9H,1-5H3;3H,1-2H3. The molecule has 1 fully saturated rings. The zero-order valence-electron chi connectivity index (χ0n) is 15.1. The molecule has 4 nitrogen and oxygen atoms in total. The van der Waals surface area contributed by atoms with Gasteiger partial charge in [0.25, 0.3) is 0 Å². The molecule has 0 unspecified atom stereocenters. The van der Waals surface area contributed by atoms with Gasteiger partial charge >= 0.3 is 7.12 Å². The zero-order chi connectivity index (χ0) is 17.3. The van der Waals surface area contributed by atoms with Crippen LogP contribution in [-0.2, 0) is 9.31 Å². The first kappa shape index (κ1) is 17.8. The van der Waals surface area contributed by atoms with Gasteiger partial charge in [0.15, 0.2) is 0 Å². The average Bonchev–Trinajstić information content (AvgIpc) is 2.91. The number of aromatic nitrogens is 1. The van der Waals surface area contributed by atoms with E-state index in [1.54, 1.807) is 0 Å². The van der Waals surface area contributed by atoms with Crippen LogP contribution in [0.2, 0.25) is 0 Å². The molecular formula is C18H26BNO3. The maximum Gasteiger partial charge on any atom is 0.494 e. The van der Waals surface area contributed by atoms with Crippen LogP contribution in [0.25, 0.3) is 0 Å². The third kappa shape index (κ3) is 4.24. The van der Waals surface area contributed by atoms with Crippen molar-refractivity contribution < 1.29 is 13.8 Å². The molecular weight excluding hydrogens is 289 g/mol. The van der Waals surface area contributed by atoms with Crippen LogP contribution in [0.4, 0.5) is 0 Å². The predicted molar refractivity (Wildman–Crippen MR) is 92.9 cm³/mol. The summed E-state index contributed by atoms with van der Waals surface area (Å²) < 4.78 is 16.6. The lowest BCUT2D eigenvalue weighted by Crippen LogP contribution is -2.41. The summed E-state index contributed by atoms with van der Waals surface area (Å²) in [6.07, 6.45) is 0. The molecule has 0 amide bonds. The minimum Gasteiger partial charge on any atom is -0.399 e. The van der Waals surface area contributed by atoms with E-state index in [0.29, 0.717) is 0 Å². The van der Waals surface area contributed by atoms with Gasteiger partial charge in [-0.25, -0.2) is 0 Å². The lowest BCUT2D eigenvalue weighted by atomic mass is 9.79. The Bertz CT molecular complexity index is 614. The third-order valence-electron chi connectivity index (χ3n) is 4.35. The van der Waals surface area contributed by atoms with Crippen LogP contribution in [0.3, 0.4) is 0 Å². The molecule has 0 aliphatic carbocycles. The van der Waals surface area contributed by atoms with Gasteiger partial charge in [0, 0.05) is 6.07 Å². The molecule has 5 heteroatoms. The van der Waals surface area contributed by atoms with Gasteiger partial charge in [0.1, 0.15) is 5.76 Å². The summed E-state index contributed by atoms with van der Waals surface area (Å²) in [5.41, 5.74) is 2.76. The fourth-order valence-electron chi connectivity index (χ4n) is 2.19. The summed E-state index contributed by atoms with van der Waals surface area (Å²) in [6, 6.07) is 10.2. The average molecular weight is 315 g/mol. The van der Waals surface area contributed by atoms with Gasteiger partial charge in [-0.2, -0.15) is 0 Å². The molecule has 1 aliphatic rings. The first-order valence-corrected chi connectivity index (χ1v) is 7.93. The Hall–Kier alpha value is -1.59. The summed E-state index contributed by atoms with van der Waals surface area (Å²) >= 11 is 0. The normalized spacial score (nSPS) is 18.5. The molecule has 124 valence electrons. The minimum atomic E-state index is -0.261. The van der Waals surface area contributed by atoms with E-state index in [9.17, 15) is 0 Å². The molecule has 0 saturated carbocycles. The van der Waals surface area contributed by atoms with Crippen LogP contribution in [-0.4, -0.2) is 23.5 Å². The van der Waals surface area contributed by atoms with E-state index in [0.717, 1.165) is 16.9 Å². The van der Waals surface area contributed by atoms with Crippen LogP contribution in [0.15, 0.2) is 34.9 Å². The van der Waals surface area contributed by atoms with Gasteiger partial charge in [-0.15, -0.1) is 0 Å². The van der Waals surface area contributed by atoms with Crippen LogP contribution in [0.5, 0.6) is 0 Å². The van der Waals surface area contributed by atoms with Gasteiger partial charge in [0.05, 0.1) is 16.9 Å². The topological polar surface area (TPSA) is 44.5 Å². The van der Waals surface area contributed by atoms with Crippen molar-refractivity contribution in [2.75, 3.05) is 0 Å². The smallest absolute Gasteiger partial charge is 0.399 e. The minimum absolute atomic E-state index is 0.245. The maximum atomic E-state index is 5.97. The van der Waals surface area contributed by atoms with Crippen molar-refractivity contribution in [2.45, 2.75) is 59.7 Å². The highest BCUT2D eigenvalue weighted by Gasteiger charge is 2.51. The van der Waals surface area contributed by atoms with Gasteiger partial charge in [0.2, 0.25) is 0 Å². The Morgan fingerprint density at radius 3 is 1.74 bits per heavy atom. The summed E-state index contributed by atoms with van der Waals surface area (Å²) in [5.74, 6) is 0.873. The fourth-order valence-corrected chi connectivity index (χ4v) is 2.19. The molecule has 0 N–H and O–H groups in total. The van der Waals surface area contributed by atoms with Crippen molar-refractivity contribution in [3.05, 3.63) is 47.3 Å². The Morgan fingerprint density at radius 2 is 1.39 bits per heavy atom. The first-order valence-electron chi connectivity index (χ1n) is 7.93. The first-order chi connectivity index (χ1) is 10.6. The fraction of sp³-hybridized carbons (Fsp3) is 0.500. The Kier molecular flexibility index (Phi) is 5.02. The lowest BCUT2D eigenvalue weighted by Gasteiger charge is -2.32. The summed E-state index contributed by atoms with van der Waals surface area (Å²) in [6.45, 7) is 14.1. The van der Waals surface area contributed by atoms with E-state index in [1.807, 2.05) is 19.9 Å². The Balaban J connectivity index is 0.000000229. The number of hydrogen-bond donors (Lipinski definition) is 0. The van der Waals surface area contributed by atoms with E-state index >= 15 is 0 Å². The predicted octanol–water partition coefficient (Wildman–Crippen LogP) is 3.59. The number of aryl methyl sites for hydroxylation is 3. The maximum absolute atomic E-state index is 5.97. The van der Waals surface area contributed by atoms with Crippen LogP contribution in [0, 0.1) is 20.8 Å². The largest absolute Gasteiger partial charge is 0.494 e. The number of nitrogens with zero attached hydrogens (tertiary/aromatic N) is 1. The SMILES string of the molecule is Cc1cc(C)on1.Cc1ccc(B2OC(C)(C)C(C)(C)O2)cc1. The highest BCUT2D eigenvalue weighted by atomic mass is 16.7. The monoisotopic (exact) mass is 315 g/mol. The summed E-state index contributed by atoms with van der Waals surface area (Å²) in [5, 5.41) is 3.64. The lowest BCUT2D eigenvalue weighted by molar-refractivity contribution is 0.00578. The van der Waals surface area contributed by atoms with Crippen LogP contribution >= 0.6 is 0 Å². The third-order valence-corrected chi connectivity index (χ3v) is 4.35. The molecule has 1 saturated heterocycles. The molecule has 1 aliphatic heterocycles. The Morgan fingerprint density at radius 1 is 0.870 bits per heavy atom. The molecule has 2 heterocycles. The second-order valence-corrected chi connectivity index (χ2v) is 7.08. The van der Waals surface area contributed by atoms with Crippen molar-refractivity contribution >= 4 is 12.6 Å². The van der Waals surface area contributed by atoms with E-state index in [4.69, 9.17) is 13.8 Å². The second kappa shape index (κ2) is 6.50. The van der Waals surface area contributed by atoms with E-state index < -0.39 is 0 Å². The summed E-state index contributed by atoms with van der Waals surface area (Å²) in [7, 11) is -0.245. The summed E-state index contributed by atoms with van der Waals surface area (Å²) in [4.78, 5) is 0. The second-order valence-electron chi connectivity index (χ2n) is 7.08. The van der Waals surface area contributed by atoms with Crippen molar-refractivity contribution in [3.8, 4) is 0 Å². The van der Waals surface area contributed by atoms with E-state index in [-0.39, 0.29) is 18.3 Å². The molecule has 1 aromatic heterocycles. The molecule has 2 aromatic rings. The molecule has 3 rings (SSSR count). The highest BCUT2D eigenvalue weighted by molar-refractivity contribution is 6.62. The quantitative estimate of drug-likeness (QED) is 0.755. The van der Waals surface area contributed by atoms with Crippen molar-refractivity contribution in [3.63, 3.8) is 0 Å². The van der Waals surface area contributed by atoms with Crippen molar-refractivity contribution in [1.29, 1.82) is 0 Å². The van der Waals surface area contributed by atoms with Crippen LogP contribution in [0.1, 0.15) is 44.7 Å². The molecule has 1 aromatic carbocycles. The number of rotatable bonds is 1. The van der Waals surface area contributed by atoms with Crippen LogP contribution < -0.4 is 5.46 Å². The molecule has 23 heavy (non-hydrogen) atoms. The number of hydrogen-bond acceptors (Lipinski definition) is 4. The van der Waals surface area contributed by atoms with Gasteiger partial charge in [-0.1, -0.05) is 35.0 Å². The van der Waals surface area contributed by atoms with E-state index in [1.165, 1.54) is 5.56 Å². The Labute approximate surface area is 139 Å². The molecule has 0 bridgehead atoms. The highest BCUT2D eigenvalue weighted by Crippen LogP contribution is 2.36.